The minimum absolute atomic E-state index is 0.338. The Morgan fingerprint density at radius 2 is 1.26 bits per heavy atom. The Balaban J connectivity index is 2.03. The summed E-state index contributed by atoms with van der Waals surface area (Å²) in [4.78, 5) is 38.5. The summed E-state index contributed by atoms with van der Waals surface area (Å²) in [6.45, 7) is 0. The predicted molar refractivity (Wildman–Crippen MR) is 83.4 cm³/mol. The van der Waals surface area contributed by atoms with Crippen molar-refractivity contribution in [2.75, 3.05) is 0 Å². The van der Waals surface area contributed by atoms with Crippen LogP contribution in [0.2, 0.25) is 0 Å². The van der Waals surface area contributed by atoms with Gasteiger partial charge in [-0.1, -0.05) is 24.3 Å². The molecule has 0 aliphatic rings. The van der Waals surface area contributed by atoms with Crippen molar-refractivity contribution < 1.29 is 0 Å². The van der Waals surface area contributed by atoms with E-state index >= 15 is 0 Å². The van der Waals surface area contributed by atoms with Crippen LogP contribution >= 0.6 is 0 Å². The van der Waals surface area contributed by atoms with Crippen molar-refractivity contribution in [1.82, 2.24) is 14.5 Å². The van der Waals surface area contributed by atoms with Gasteiger partial charge in [-0.3, -0.25) is 9.97 Å². The molecule has 0 atom stereocenters. The van der Waals surface area contributed by atoms with Crippen LogP contribution in [0.5, 0.6) is 0 Å². The number of hydrogen-bond acceptors (Lipinski definition) is 4. The highest BCUT2D eigenvalue weighted by Gasteiger charge is 2.06. The summed E-state index contributed by atoms with van der Waals surface area (Å²) in [6.07, 6.45) is 0. The van der Waals surface area contributed by atoms with E-state index < -0.39 is 17.1 Å². The number of nitrogens with one attached hydrogen (secondary N) is 2. The molecule has 3 aromatic rings. The van der Waals surface area contributed by atoms with Crippen molar-refractivity contribution in [2.45, 2.75) is 0 Å². The Kier molecular flexibility index (Phi) is 3.49. The maximum atomic E-state index is 11.7. The molecule has 0 spiro atoms. The van der Waals surface area contributed by atoms with Gasteiger partial charge in [0.1, 0.15) is 0 Å². The fourth-order valence-electron chi connectivity index (χ4n) is 2.20. The fourth-order valence-corrected chi connectivity index (χ4v) is 2.20. The van der Waals surface area contributed by atoms with Crippen LogP contribution in [-0.4, -0.2) is 14.5 Å². The smallest absolute Gasteiger partial charge is 0.258 e. The normalized spacial score (nSPS) is 10.2. The van der Waals surface area contributed by atoms with Crippen LogP contribution in [-0.2, 0) is 0 Å². The molecule has 1 heterocycles. The SMILES string of the molecule is N#Cc1ccc(-c2ccc(-n3c(=O)[nH]c(=O)[nH]c3=O)cc2)cc1. The number of nitriles is 1. The minimum atomic E-state index is -0.842. The highest BCUT2D eigenvalue weighted by molar-refractivity contribution is 5.65. The number of hydrogen-bond donors (Lipinski definition) is 2. The standard InChI is InChI=1S/C16H10N4O3/c17-9-10-1-3-11(4-2-10)12-5-7-13(8-6-12)20-15(22)18-14(21)19-16(20)23/h1-8H,(H2,18,19,21,22,23). The molecule has 2 aromatic carbocycles. The summed E-state index contributed by atoms with van der Waals surface area (Å²) in [5.41, 5.74) is 0.229. The Morgan fingerprint density at radius 1 is 0.783 bits per heavy atom. The van der Waals surface area contributed by atoms with Gasteiger partial charge in [-0.05, 0) is 35.4 Å². The molecule has 0 fully saturated rings. The number of rotatable bonds is 2. The molecule has 7 heteroatoms. The van der Waals surface area contributed by atoms with E-state index in [2.05, 4.69) is 0 Å². The molecular formula is C16H10N4O3. The summed E-state index contributed by atoms with van der Waals surface area (Å²) in [6, 6.07) is 15.8. The van der Waals surface area contributed by atoms with Gasteiger partial charge in [-0.2, -0.15) is 5.26 Å². The van der Waals surface area contributed by atoms with Crippen LogP contribution < -0.4 is 17.1 Å². The van der Waals surface area contributed by atoms with Gasteiger partial charge in [-0.25, -0.2) is 19.0 Å². The molecular weight excluding hydrogens is 296 g/mol. The third-order valence-electron chi connectivity index (χ3n) is 3.32. The molecule has 112 valence electrons. The molecule has 0 aliphatic carbocycles. The highest BCUT2D eigenvalue weighted by atomic mass is 16.2. The summed E-state index contributed by atoms with van der Waals surface area (Å²) in [5.74, 6) is 0. The van der Waals surface area contributed by atoms with Crippen LogP contribution in [0.1, 0.15) is 5.56 Å². The molecule has 0 unspecified atom stereocenters. The topological polar surface area (TPSA) is 112 Å². The van der Waals surface area contributed by atoms with Crippen LogP contribution in [0.15, 0.2) is 62.9 Å². The second kappa shape index (κ2) is 5.61. The number of aromatic nitrogens is 3. The molecule has 0 bridgehead atoms. The van der Waals surface area contributed by atoms with Crippen molar-refractivity contribution in [3.8, 4) is 22.9 Å². The van der Waals surface area contributed by atoms with Crippen molar-refractivity contribution in [2.24, 2.45) is 0 Å². The summed E-state index contributed by atoms with van der Waals surface area (Å²) in [5, 5.41) is 8.79. The summed E-state index contributed by atoms with van der Waals surface area (Å²) < 4.78 is 0.837. The quantitative estimate of drug-likeness (QED) is 0.727. The minimum Gasteiger partial charge on any atom is -0.258 e. The first kappa shape index (κ1) is 14.3. The van der Waals surface area contributed by atoms with Gasteiger partial charge < -0.3 is 0 Å². The first-order valence-corrected chi connectivity index (χ1v) is 6.65. The van der Waals surface area contributed by atoms with E-state index in [1.807, 2.05) is 28.2 Å². The van der Waals surface area contributed by atoms with Crippen LogP contribution in [0, 0.1) is 11.3 Å². The molecule has 23 heavy (non-hydrogen) atoms. The van der Waals surface area contributed by atoms with Crippen LogP contribution in [0.3, 0.4) is 0 Å². The van der Waals surface area contributed by atoms with E-state index in [9.17, 15) is 14.4 Å². The van der Waals surface area contributed by atoms with Gasteiger partial charge in [0.05, 0.1) is 17.3 Å². The van der Waals surface area contributed by atoms with Gasteiger partial charge >= 0.3 is 17.1 Å². The van der Waals surface area contributed by atoms with E-state index in [0.717, 1.165) is 15.7 Å². The predicted octanol–water partition coefficient (Wildman–Crippen LogP) is 0.753. The zero-order valence-corrected chi connectivity index (χ0v) is 11.7. The fraction of sp³-hybridized carbons (Fsp3) is 0. The van der Waals surface area contributed by atoms with Crippen molar-refractivity contribution in [1.29, 1.82) is 5.26 Å². The number of benzene rings is 2. The van der Waals surface area contributed by atoms with E-state index in [1.54, 1.807) is 36.4 Å². The third kappa shape index (κ3) is 2.73. The molecule has 0 radical (unpaired) electrons. The molecule has 0 aliphatic heterocycles. The number of aromatic amines is 2. The average Bonchev–Trinajstić information content (AvgIpc) is 2.55. The van der Waals surface area contributed by atoms with Gasteiger partial charge in [0.25, 0.3) is 0 Å². The summed E-state index contributed by atoms with van der Waals surface area (Å²) in [7, 11) is 0. The van der Waals surface area contributed by atoms with Gasteiger partial charge in [0, 0.05) is 0 Å². The first-order chi connectivity index (χ1) is 11.1. The summed E-state index contributed by atoms with van der Waals surface area (Å²) >= 11 is 0. The van der Waals surface area contributed by atoms with E-state index in [1.165, 1.54) is 0 Å². The maximum absolute atomic E-state index is 11.7. The second-order valence-corrected chi connectivity index (χ2v) is 4.76. The first-order valence-electron chi connectivity index (χ1n) is 6.65. The Hall–Kier alpha value is -3.66. The van der Waals surface area contributed by atoms with Crippen molar-refractivity contribution >= 4 is 0 Å². The van der Waals surface area contributed by atoms with Gasteiger partial charge in [-0.15, -0.1) is 0 Å². The maximum Gasteiger partial charge on any atom is 0.338 e. The molecule has 7 nitrogen and oxygen atoms in total. The van der Waals surface area contributed by atoms with E-state index in [4.69, 9.17) is 5.26 Å². The lowest BCUT2D eigenvalue weighted by Crippen LogP contribution is -2.42. The molecule has 1 aromatic heterocycles. The lowest BCUT2D eigenvalue weighted by Gasteiger charge is -2.06. The third-order valence-corrected chi connectivity index (χ3v) is 3.32. The second-order valence-electron chi connectivity index (χ2n) is 4.76. The highest BCUT2D eigenvalue weighted by Crippen LogP contribution is 2.20. The monoisotopic (exact) mass is 306 g/mol. The zero-order chi connectivity index (χ0) is 16.4. The number of H-pyrrole nitrogens is 2. The Morgan fingerprint density at radius 3 is 1.74 bits per heavy atom. The molecule has 0 saturated heterocycles. The molecule has 2 N–H and O–H groups in total. The lowest BCUT2D eigenvalue weighted by atomic mass is 10.0. The number of nitrogens with zero attached hydrogens (tertiary/aromatic N) is 2. The van der Waals surface area contributed by atoms with Gasteiger partial charge in [0.15, 0.2) is 0 Å². The Bertz CT molecular complexity index is 1030. The van der Waals surface area contributed by atoms with Gasteiger partial charge in [0.2, 0.25) is 0 Å². The van der Waals surface area contributed by atoms with Crippen LogP contribution in [0.25, 0.3) is 16.8 Å². The molecule has 0 saturated carbocycles. The lowest BCUT2D eigenvalue weighted by molar-refractivity contribution is 0.784. The van der Waals surface area contributed by atoms with Crippen LogP contribution in [0.4, 0.5) is 0 Å². The van der Waals surface area contributed by atoms with E-state index in [-0.39, 0.29) is 0 Å². The zero-order valence-electron chi connectivity index (χ0n) is 11.7. The largest absolute Gasteiger partial charge is 0.338 e. The van der Waals surface area contributed by atoms with Crippen molar-refractivity contribution in [3.05, 3.63) is 85.5 Å². The van der Waals surface area contributed by atoms with E-state index in [0.29, 0.717) is 11.3 Å². The van der Waals surface area contributed by atoms with Crippen molar-refractivity contribution in [3.63, 3.8) is 0 Å². The molecule has 0 amide bonds. The Labute approximate surface area is 129 Å². The average molecular weight is 306 g/mol. The molecule has 3 rings (SSSR count).